The van der Waals surface area contributed by atoms with Gasteiger partial charge in [-0.05, 0) is 49.4 Å². The van der Waals surface area contributed by atoms with Gasteiger partial charge in [-0.2, -0.15) is 0 Å². The third-order valence-electron chi connectivity index (χ3n) is 5.66. The Morgan fingerprint density at radius 1 is 1.00 bits per heavy atom. The van der Waals surface area contributed by atoms with Crippen LogP contribution in [0.1, 0.15) is 59.3 Å². The summed E-state index contributed by atoms with van der Waals surface area (Å²) in [6.07, 6.45) is 6.41. The molecule has 18 heavy (non-hydrogen) atoms. The molecule has 106 valence electrons. The van der Waals surface area contributed by atoms with E-state index >= 15 is 0 Å². The molecule has 2 rings (SSSR count). The van der Waals surface area contributed by atoms with Crippen LogP contribution in [0.15, 0.2) is 0 Å². The quantitative estimate of drug-likeness (QED) is 0.794. The average Bonchev–Trinajstić information content (AvgIpc) is 2.49. The third-order valence-corrected chi connectivity index (χ3v) is 5.66. The van der Waals surface area contributed by atoms with Crippen molar-refractivity contribution in [1.29, 1.82) is 0 Å². The summed E-state index contributed by atoms with van der Waals surface area (Å²) in [7, 11) is 0. The van der Waals surface area contributed by atoms with E-state index in [0.29, 0.717) is 23.7 Å². The lowest BCUT2D eigenvalue weighted by Crippen LogP contribution is -2.47. The predicted octanol–water partition coefficient (Wildman–Crippen LogP) is 3.22. The van der Waals surface area contributed by atoms with Gasteiger partial charge in [0.15, 0.2) is 0 Å². The lowest BCUT2D eigenvalue weighted by atomic mass is 9.66. The molecule has 2 nitrogen and oxygen atoms in total. The molecule has 0 radical (unpaired) electrons. The van der Waals surface area contributed by atoms with Crippen LogP contribution in [0.2, 0.25) is 0 Å². The maximum atomic E-state index is 10.7. The van der Waals surface area contributed by atoms with Gasteiger partial charge in [-0.25, -0.2) is 0 Å². The van der Waals surface area contributed by atoms with E-state index in [-0.39, 0.29) is 18.1 Å². The number of fused-ring (bicyclic) bond motifs is 1. The molecule has 0 heterocycles. The molecule has 2 aliphatic carbocycles. The topological polar surface area (TPSA) is 40.5 Å². The zero-order valence-electron chi connectivity index (χ0n) is 12.2. The van der Waals surface area contributed by atoms with E-state index in [2.05, 4.69) is 20.8 Å². The molecule has 0 amide bonds. The first-order valence-electron chi connectivity index (χ1n) is 7.92. The number of hydrogen-bond donors (Lipinski definition) is 2. The average molecular weight is 254 g/mol. The second kappa shape index (κ2) is 5.92. The largest absolute Gasteiger partial charge is 0.392 e. The van der Waals surface area contributed by atoms with Crippen LogP contribution in [-0.4, -0.2) is 22.4 Å². The smallest absolute Gasteiger partial charge is 0.0626 e. The van der Waals surface area contributed by atoms with Gasteiger partial charge in [-0.3, -0.25) is 0 Å². The highest BCUT2D eigenvalue weighted by molar-refractivity contribution is 4.95. The lowest BCUT2D eigenvalue weighted by Gasteiger charge is -2.43. The predicted molar refractivity (Wildman–Crippen MR) is 74.2 cm³/mol. The summed E-state index contributed by atoms with van der Waals surface area (Å²) in [5, 5.41) is 21.3. The van der Waals surface area contributed by atoms with Gasteiger partial charge in [0.2, 0.25) is 0 Å². The first-order valence-corrected chi connectivity index (χ1v) is 7.92. The van der Waals surface area contributed by atoms with Crippen LogP contribution in [0.3, 0.4) is 0 Å². The molecule has 0 aliphatic heterocycles. The van der Waals surface area contributed by atoms with Crippen LogP contribution in [0.25, 0.3) is 0 Å². The molecule has 6 atom stereocenters. The Balaban J connectivity index is 2.18. The minimum Gasteiger partial charge on any atom is -0.392 e. The number of rotatable bonds is 2. The van der Waals surface area contributed by atoms with Crippen LogP contribution >= 0.6 is 0 Å². The van der Waals surface area contributed by atoms with Gasteiger partial charge in [0.25, 0.3) is 0 Å². The fourth-order valence-electron chi connectivity index (χ4n) is 4.45. The molecule has 0 saturated heterocycles. The van der Waals surface area contributed by atoms with Crippen molar-refractivity contribution in [3.8, 4) is 0 Å². The second-order valence-corrected chi connectivity index (χ2v) is 6.90. The molecule has 0 aromatic heterocycles. The van der Waals surface area contributed by atoms with Gasteiger partial charge < -0.3 is 10.2 Å². The van der Waals surface area contributed by atoms with E-state index in [1.165, 1.54) is 19.3 Å². The van der Waals surface area contributed by atoms with Gasteiger partial charge in [0, 0.05) is 5.92 Å². The van der Waals surface area contributed by atoms with Crippen molar-refractivity contribution in [2.75, 3.05) is 0 Å². The molecule has 0 bridgehead atoms. The maximum absolute atomic E-state index is 10.7. The van der Waals surface area contributed by atoms with Gasteiger partial charge in [0.1, 0.15) is 0 Å². The Kier molecular flexibility index (Phi) is 4.71. The fraction of sp³-hybridized carbons (Fsp3) is 1.00. The number of hydrogen-bond acceptors (Lipinski definition) is 2. The zero-order chi connectivity index (χ0) is 13.3. The summed E-state index contributed by atoms with van der Waals surface area (Å²) in [6, 6.07) is 0. The van der Waals surface area contributed by atoms with Gasteiger partial charge >= 0.3 is 0 Å². The van der Waals surface area contributed by atoms with Gasteiger partial charge in [-0.1, -0.05) is 33.6 Å². The molecular formula is C16H30O2. The molecule has 2 aliphatic rings. The van der Waals surface area contributed by atoms with E-state index in [0.717, 1.165) is 19.3 Å². The highest BCUT2D eigenvalue weighted by Crippen LogP contribution is 2.45. The highest BCUT2D eigenvalue weighted by atomic mass is 16.3. The van der Waals surface area contributed by atoms with Crippen molar-refractivity contribution < 1.29 is 10.2 Å². The Morgan fingerprint density at radius 3 is 2.33 bits per heavy atom. The van der Waals surface area contributed by atoms with Crippen LogP contribution < -0.4 is 0 Å². The monoisotopic (exact) mass is 254 g/mol. The SMILES string of the molecule is CC[C@H]1CCC2CCC[C@H](C(C)C)C(O)C2C1O. The normalized spacial score (nSPS) is 45.7. The van der Waals surface area contributed by atoms with Crippen LogP contribution in [0.4, 0.5) is 0 Å². The Labute approximate surface area is 112 Å². The second-order valence-electron chi connectivity index (χ2n) is 6.90. The summed E-state index contributed by atoms with van der Waals surface area (Å²) in [4.78, 5) is 0. The standard InChI is InChI=1S/C16H30O2/c1-4-11-8-9-12-6-5-7-13(10(2)3)16(18)14(12)15(11)17/h10-18H,4-9H2,1-3H3/t11-,12?,13+,14?,15?,16?/m0/s1. The summed E-state index contributed by atoms with van der Waals surface area (Å²) in [6.45, 7) is 6.58. The molecule has 2 saturated carbocycles. The lowest BCUT2D eigenvalue weighted by molar-refractivity contribution is -0.0925. The Hall–Kier alpha value is -0.0800. The van der Waals surface area contributed by atoms with Crippen molar-refractivity contribution >= 4 is 0 Å². The minimum absolute atomic E-state index is 0.138. The number of aliphatic hydroxyl groups is 2. The van der Waals surface area contributed by atoms with E-state index < -0.39 is 0 Å². The fourth-order valence-corrected chi connectivity index (χ4v) is 4.45. The van der Waals surface area contributed by atoms with Gasteiger partial charge in [-0.15, -0.1) is 0 Å². The van der Waals surface area contributed by atoms with Crippen LogP contribution in [-0.2, 0) is 0 Å². The van der Waals surface area contributed by atoms with Crippen LogP contribution in [0.5, 0.6) is 0 Å². The third kappa shape index (κ3) is 2.60. The van der Waals surface area contributed by atoms with Crippen molar-refractivity contribution in [3.63, 3.8) is 0 Å². The molecular weight excluding hydrogens is 224 g/mol. The Bertz CT molecular complexity index is 264. The molecule has 2 heteroatoms. The van der Waals surface area contributed by atoms with Crippen molar-refractivity contribution in [3.05, 3.63) is 0 Å². The van der Waals surface area contributed by atoms with E-state index in [4.69, 9.17) is 0 Å². The maximum Gasteiger partial charge on any atom is 0.0626 e. The molecule has 2 N–H and O–H groups in total. The minimum atomic E-state index is -0.290. The molecule has 4 unspecified atom stereocenters. The summed E-state index contributed by atoms with van der Waals surface area (Å²) >= 11 is 0. The number of aliphatic hydroxyl groups excluding tert-OH is 2. The Morgan fingerprint density at radius 2 is 1.72 bits per heavy atom. The molecule has 0 aromatic rings. The molecule has 0 spiro atoms. The van der Waals surface area contributed by atoms with Gasteiger partial charge in [0.05, 0.1) is 12.2 Å². The van der Waals surface area contributed by atoms with E-state index in [1.807, 2.05) is 0 Å². The first kappa shape index (κ1) is 14.3. The first-order chi connectivity index (χ1) is 8.56. The highest BCUT2D eigenvalue weighted by Gasteiger charge is 2.45. The summed E-state index contributed by atoms with van der Waals surface area (Å²) < 4.78 is 0. The summed E-state index contributed by atoms with van der Waals surface area (Å²) in [5.41, 5.74) is 0. The zero-order valence-corrected chi connectivity index (χ0v) is 12.2. The summed E-state index contributed by atoms with van der Waals surface area (Å²) in [5.74, 6) is 2.00. The van der Waals surface area contributed by atoms with E-state index in [1.54, 1.807) is 0 Å². The molecule has 2 fully saturated rings. The molecule has 0 aromatic carbocycles. The van der Waals surface area contributed by atoms with Crippen LogP contribution in [0, 0.1) is 29.6 Å². The van der Waals surface area contributed by atoms with Crippen molar-refractivity contribution in [2.45, 2.75) is 71.5 Å². The van der Waals surface area contributed by atoms with E-state index in [9.17, 15) is 10.2 Å². The van der Waals surface area contributed by atoms with Crippen molar-refractivity contribution in [2.24, 2.45) is 29.6 Å². The van der Waals surface area contributed by atoms with Crippen molar-refractivity contribution in [1.82, 2.24) is 0 Å².